The number of para-hydroxylation sites is 2. The number of rotatable bonds is 2. The molecule has 0 saturated carbocycles. The zero-order valence-corrected chi connectivity index (χ0v) is 12.7. The van der Waals surface area contributed by atoms with Crippen molar-refractivity contribution in [3.05, 3.63) is 59.7 Å². The van der Waals surface area contributed by atoms with E-state index in [4.69, 9.17) is 0 Å². The molecule has 2 rings (SSSR count). The number of carbonyl (C=O) groups excluding carboxylic acids is 2. The third-order valence-electron chi connectivity index (χ3n) is 2.43. The Kier molecular flexibility index (Phi) is 5.76. The average Bonchev–Trinajstić information content (AvgIpc) is 2.39. The van der Waals surface area contributed by atoms with E-state index in [-0.39, 0.29) is 52.2 Å². The molecule has 0 atom stereocenters. The summed E-state index contributed by atoms with van der Waals surface area (Å²) < 4.78 is 4.59. The van der Waals surface area contributed by atoms with Crippen LogP contribution in [0.25, 0.3) is 0 Å². The SMILES string of the molecule is O=C(OC(=O)c1ccccc1O)c1ccccc1O.[Na]. The number of phenols is 2. The molecular formula is C14H10NaO5. The van der Waals surface area contributed by atoms with Crippen molar-refractivity contribution >= 4 is 41.5 Å². The van der Waals surface area contributed by atoms with Gasteiger partial charge < -0.3 is 14.9 Å². The largest absolute Gasteiger partial charge is 0.507 e. The fourth-order valence-electron chi connectivity index (χ4n) is 1.49. The molecule has 1 radical (unpaired) electrons. The molecule has 0 fully saturated rings. The molecule has 2 N–H and O–H groups in total. The van der Waals surface area contributed by atoms with Crippen LogP contribution in [-0.4, -0.2) is 51.7 Å². The van der Waals surface area contributed by atoms with Crippen molar-refractivity contribution in [2.45, 2.75) is 0 Å². The molecule has 6 heteroatoms. The molecule has 0 aromatic heterocycles. The molecule has 0 aliphatic rings. The summed E-state index contributed by atoms with van der Waals surface area (Å²) in [5.41, 5.74) is -0.238. The van der Waals surface area contributed by atoms with Crippen molar-refractivity contribution in [2.24, 2.45) is 0 Å². The van der Waals surface area contributed by atoms with E-state index in [2.05, 4.69) is 4.74 Å². The second kappa shape index (κ2) is 7.09. The van der Waals surface area contributed by atoms with Gasteiger partial charge in [0.1, 0.15) is 22.6 Å². The third-order valence-corrected chi connectivity index (χ3v) is 2.43. The van der Waals surface area contributed by atoms with Crippen LogP contribution in [0.15, 0.2) is 48.5 Å². The molecule has 2 aromatic rings. The fraction of sp³-hybridized carbons (Fsp3) is 0. The number of phenolic OH excluding ortho intramolecular Hbond substituents is 2. The molecule has 0 heterocycles. The molecule has 20 heavy (non-hydrogen) atoms. The van der Waals surface area contributed by atoms with Crippen LogP contribution < -0.4 is 0 Å². The number of esters is 2. The van der Waals surface area contributed by atoms with Gasteiger partial charge in [0.05, 0.1) is 0 Å². The van der Waals surface area contributed by atoms with Gasteiger partial charge in [-0.1, -0.05) is 24.3 Å². The minimum Gasteiger partial charge on any atom is -0.507 e. The zero-order valence-electron chi connectivity index (χ0n) is 10.7. The summed E-state index contributed by atoms with van der Waals surface area (Å²) in [6.45, 7) is 0. The maximum Gasteiger partial charge on any atom is 0.349 e. The number of aromatic hydroxyl groups is 2. The molecular weight excluding hydrogens is 271 g/mol. The summed E-state index contributed by atoms with van der Waals surface area (Å²) in [5, 5.41) is 18.9. The van der Waals surface area contributed by atoms with Crippen molar-refractivity contribution < 1.29 is 24.5 Å². The van der Waals surface area contributed by atoms with Gasteiger partial charge in [0, 0.05) is 29.6 Å². The van der Waals surface area contributed by atoms with E-state index >= 15 is 0 Å². The van der Waals surface area contributed by atoms with Crippen LogP contribution in [0.5, 0.6) is 11.5 Å². The topological polar surface area (TPSA) is 83.8 Å². The quantitative estimate of drug-likeness (QED) is 0.497. The molecule has 2 aromatic carbocycles. The Morgan fingerprint density at radius 3 is 1.45 bits per heavy atom. The Balaban J connectivity index is 0.00000200. The summed E-state index contributed by atoms with van der Waals surface area (Å²) in [5.74, 6) is -2.52. The Hall–Kier alpha value is -1.82. The van der Waals surface area contributed by atoms with Crippen LogP contribution in [0, 0.1) is 0 Å². The first-order chi connectivity index (χ1) is 9.09. The summed E-state index contributed by atoms with van der Waals surface area (Å²) in [4.78, 5) is 23.4. The van der Waals surface area contributed by atoms with Gasteiger partial charge in [-0.2, -0.15) is 0 Å². The third kappa shape index (κ3) is 3.60. The van der Waals surface area contributed by atoms with Gasteiger partial charge >= 0.3 is 11.9 Å². The molecule has 5 nitrogen and oxygen atoms in total. The monoisotopic (exact) mass is 281 g/mol. The van der Waals surface area contributed by atoms with E-state index in [1.54, 1.807) is 0 Å². The number of ether oxygens (including phenoxy) is 1. The smallest absolute Gasteiger partial charge is 0.349 e. The standard InChI is InChI=1S/C14H10O5.Na/c15-11-7-3-1-5-9(11)13(17)19-14(18)10-6-2-4-8-12(10)16;/h1-8,15-16H;. The normalized spacial score (nSPS) is 9.40. The summed E-state index contributed by atoms with van der Waals surface area (Å²) in [6.07, 6.45) is 0. The predicted molar refractivity (Wildman–Crippen MR) is 71.7 cm³/mol. The van der Waals surface area contributed by atoms with Crippen LogP contribution in [-0.2, 0) is 4.74 Å². The molecule has 0 bridgehead atoms. The van der Waals surface area contributed by atoms with Crippen LogP contribution >= 0.6 is 0 Å². The van der Waals surface area contributed by atoms with Gasteiger partial charge in [0.2, 0.25) is 0 Å². The second-order valence-electron chi connectivity index (χ2n) is 3.71. The van der Waals surface area contributed by atoms with E-state index in [0.717, 1.165) is 0 Å². The number of carbonyl (C=O) groups is 2. The first-order valence-corrected chi connectivity index (χ1v) is 5.42. The Morgan fingerprint density at radius 2 is 1.10 bits per heavy atom. The van der Waals surface area contributed by atoms with Crippen LogP contribution in [0.4, 0.5) is 0 Å². The fourth-order valence-corrected chi connectivity index (χ4v) is 1.49. The Morgan fingerprint density at radius 1 is 0.750 bits per heavy atom. The van der Waals surface area contributed by atoms with Gasteiger partial charge in [-0.05, 0) is 24.3 Å². The molecule has 97 valence electrons. The second-order valence-corrected chi connectivity index (χ2v) is 3.71. The Labute approximate surface area is 137 Å². The van der Waals surface area contributed by atoms with Gasteiger partial charge in [-0.15, -0.1) is 0 Å². The zero-order chi connectivity index (χ0) is 13.8. The van der Waals surface area contributed by atoms with Gasteiger partial charge in [0.25, 0.3) is 0 Å². The predicted octanol–water partition coefficient (Wildman–Crippen LogP) is 1.71. The summed E-state index contributed by atoms with van der Waals surface area (Å²) in [7, 11) is 0. The van der Waals surface area contributed by atoms with E-state index in [1.165, 1.54) is 48.5 Å². The van der Waals surface area contributed by atoms with Crippen LogP contribution in [0.1, 0.15) is 20.7 Å². The van der Waals surface area contributed by atoms with Crippen molar-refractivity contribution in [1.82, 2.24) is 0 Å². The van der Waals surface area contributed by atoms with Crippen LogP contribution in [0.2, 0.25) is 0 Å². The maximum atomic E-state index is 11.7. The van der Waals surface area contributed by atoms with Crippen LogP contribution in [0.3, 0.4) is 0 Å². The van der Waals surface area contributed by atoms with E-state index in [1.807, 2.05) is 0 Å². The van der Waals surface area contributed by atoms with E-state index in [0.29, 0.717) is 0 Å². The molecule has 0 unspecified atom stereocenters. The minimum absolute atomic E-state index is 0. The van der Waals surface area contributed by atoms with E-state index in [9.17, 15) is 19.8 Å². The first-order valence-electron chi connectivity index (χ1n) is 5.42. The number of hydrogen-bond donors (Lipinski definition) is 2. The molecule has 0 aliphatic heterocycles. The van der Waals surface area contributed by atoms with Crippen molar-refractivity contribution in [1.29, 1.82) is 0 Å². The van der Waals surface area contributed by atoms with Crippen molar-refractivity contribution in [2.75, 3.05) is 0 Å². The van der Waals surface area contributed by atoms with Crippen molar-refractivity contribution in [3.63, 3.8) is 0 Å². The van der Waals surface area contributed by atoms with Gasteiger partial charge in [-0.25, -0.2) is 9.59 Å². The number of hydrogen-bond acceptors (Lipinski definition) is 5. The first kappa shape index (κ1) is 16.2. The maximum absolute atomic E-state index is 11.7. The molecule has 0 saturated heterocycles. The van der Waals surface area contributed by atoms with Gasteiger partial charge in [-0.3, -0.25) is 0 Å². The van der Waals surface area contributed by atoms with E-state index < -0.39 is 11.9 Å². The number of benzene rings is 2. The van der Waals surface area contributed by atoms with Crippen molar-refractivity contribution in [3.8, 4) is 11.5 Å². The summed E-state index contributed by atoms with van der Waals surface area (Å²) >= 11 is 0. The average molecular weight is 281 g/mol. The molecule has 0 spiro atoms. The minimum atomic E-state index is -0.980. The molecule has 0 aliphatic carbocycles. The summed E-state index contributed by atoms with van der Waals surface area (Å²) in [6, 6.07) is 11.4. The van der Waals surface area contributed by atoms with Gasteiger partial charge in [0.15, 0.2) is 0 Å². The molecule has 0 amide bonds. The Bertz CT molecular complexity index is 583.